The lowest BCUT2D eigenvalue weighted by Gasteiger charge is -2.29. The molecular formula is C20H25ClN3O4+. The number of nitrogens with one attached hydrogen (secondary N) is 1. The number of nitrogens with two attached hydrogens (primary N) is 1. The average molecular weight is 407 g/mol. The second kappa shape index (κ2) is 6.27. The maximum absolute atomic E-state index is 13.4. The van der Waals surface area contributed by atoms with Crippen LogP contribution in [0.25, 0.3) is 0 Å². The molecule has 3 aliphatic heterocycles. The molecule has 0 radical (unpaired) electrons. The zero-order chi connectivity index (χ0) is 20.5. The lowest BCUT2D eigenvalue weighted by Crippen LogP contribution is -3.00. The van der Waals surface area contributed by atoms with Gasteiger partial charge in [-0.2, -0.15) is 0 Å². The summed E-state index contributed by atoms with van der Waals surface area (Å²) in [5.41, 5.74) is 0.667. The molecule has 0 saturated carbocycles. The summed E-state index contributed by atoms with van der Waals surface area (Å²) >= 11 is 6.37. The number of aliphatic hydroxyl groups is 1. The standard InChI is InChI=1S/C20H24ClN3O4/c1-5-9(3)24-17(26)13-14(18(24)27)20(23-15(13)10(4)25)11-6-8(2)7-12(21)16(11)22-19(20)28/h6-7,9-10,13-15,23,25H,5H2,1-4H3,(H,22,28)/p+1/t9-,10+,13-,14-,15+,20-/m0/s1. The lowest BCUT2D eigenvalue weighted by atomic mass is 9.76. The molecule has 0 aliphatic carbocycles. The quantitative estimate of drug-likeness (QED) is 0.637. The van der Waals surface area contributed by atoms with Crippen LogP contribution in [0.4, 0.5) is 5.69 Å². The van der Waals surface area contributed by atoms with Gasteiger partial charge in [0.05, 0.1) is 10.7 Å². The van der Waals surface area contributed by atoms with Gasteiger partial charge in [0.15, 0.2) is 0 Å². The number of rotatable bonds is 3. The summed E-state index contributed by atoms with van der Waals surface area (Å²) in [6.45, 7) is 7.20. The third-order valence-electron chi connectivity index (χ3n) is 6.63. The maximum atomic E-state index is 13.4. The van der Waals surface area contributed by atoms with E-state index in [9.17, 15) is 19.5 Å². The molecule has 3 amide bonds. The SMILES string of the molecule is CC[C@H](C)N1C(=O)[C@@H]2[C@@H]([C@@H](C)O)[NH2+][C@]3(C(=O)Nc4c(Cl)cc(C)cc43)[C@@H]2C1=O. The van der Waals surface area contributed by atoms with Crippen LogP contribution in [0.5, 0.6) is 0 Å². The number of benzene rings is 1. The van der Waals surface area contributed by atoms with E-state index in [0.717, 1.165) is 5.56 Å². The van der Waals surface area contributed by atoms with Crippen LogP contribution in [-0.4, -0.2) is 45.9 Å². The van der Waals surface area contributed by atoms with Gasteiger partial charge in [-0.3, -0.25) is 19.3 Å². The van der Waals surface area contributed by atoms with Crippen LogP contribution in [0.2, 0.25) is 5.02 Å². The highest BCUT2D eigenvalue weighted by Gasteiger charge is 2.75. The molecule has 0 bridgehead atoms. The first-order chi connectivity index (χ1) is 13.1. The minimum atomic E-state index is -1.30. The molecule has 1 spiro atoms. The molecule has 1 aromatic carbocycles. The fourth-order valence-corrected chi connectivity index (χ4v) is 5.48. The molecule has 0 unspecified atom stereocenters. The molecule has 1 aromatic rings. The second-order valence-electron chi connectivity index (χ2n) is 8.28. The van der Waals surface area contributed by atoms with E-state index >= 15 is 0 Å². The molecule has 7 nitrogen and oxygen atoms in total. The number of anilines is 1. The lowest BCUT2D eigenvalue weighted by molar-refractivity contribution is -0.738. The van der Waals surface area contributed by atoms with Crippen molar-refractivity contribution in [1.29, 1.82) is 0 Å². The summed E-state index contributed by atoms with van der Waals surface area (Å²) in [5, 5.41) is 15.3. The van der Waals surface area contributed by atoms with Gasteiger partial charge in [-0.25, -0.2) is 0 Å². The first-order valence-corrected chi connectivity index (χ1v) is 10.1. The molecule has 2 fully saturated rings. The number of quaternary nitrogens is 1. The number of likely N-dealkylation sites (tertiary alicyclic amines) is 1. The Morgan fingerprint density at radius 1 is 1.29 bits per heavy atom. The molecule has 28 heavy (non-hydrogen) atoms. The average Bonchev–Trinajstić information content (AvgIpc) is 3.21. The van der Waals surface area contributed by atoms with Gasteiger partial charge < -0.3 is 15.7 Å². The predicted octanol–water partition coefficient (Wildman–Crippen LogP) is 0.522. The van der Waals surface area contributed by atoms with Crippen molar-refractivity contribution in [3.63, 3.8) is 0 Å². The smallest absolute Gasteiger partial charge is 0.291 e. The number of carbonyl (C=O) groups is 3. The molecule has 8 heteroatoms. The van der Waals surface area contributed by atoms with Crippen LogP contribution in [0.1, 0.15) is 38.3 Å². The highest BCUT2D eigenvalue weighted by Crippen LogP contribution is 2.51. The second-order valence-corrected chi connectivity index (χ2v) is 8.69. The van der Waals surface area contributed by atoms with Crippen LogP contribution in [0.15, 0.2) is 12.1 Å². The predicted molar refractivity (Wildman–Crippen MR) is 102 cm³/mol. The van der Waals surface area contributed by atoms with Gasteiger partial charge in [0.25, 0.3) is 5.91 Å². The maximum Gasteiger partial charge on any atom is 0.291 e. The number of hydrogen-bond donors (Lipinski definition) is 3. The molecular weight excluding hydrogens is 382 g/mol. The number of nitrogens with zero attached hydrogens (tertiary/aromatic N) is 1. The van der Waals surface area contributed by atoms with Gasteiger partial charge in [0.2, 0.25) is 17.4 Å². The Hall–Kier alpha value is -1.96. The van der Waals surface area contributed by atoms with Crippen molar-refractivity contribution in [3.8, 4) is 0 Å². The fraction of sp³-hybridized carbons (Fsp3) is 0.550. The Morgan fingerprint density at radius 2 is 1.96 bits per heavy atom. The molecule has 3 heterocycles. The molecule has 4 rings (SSSR count). The molecule has 2 saturated heterocycles. The molecule has 150 valence electrons. The number of aryl methyl sites for hydroxylation is 1. The van der Waals surface area contributed by atoms with Gasteiger partial charge in [-0.05, 0) is 44.9 Å². The number of aliphatic hydroxyl groups excluding tert-OH is 1. The Morgan fingerprint density at radius 3 is 2.57 bits per heavy atom. The number of amides is 3. The van der Waals surface area contributed by atoms with Gasteiger partial charge in [-0.15, -0.1) is 0 Å². The number of imide groups is 1. The fourth-order valence-electron chi connectivity index (χ4n) is 5.16. The van der Waals surface area contributed by atoms with E-state index in [1.165, 1.54) is 4.90 Å². The highest BCUT2D eigenvalue weighted by molar-refractivity contribution is 6.35. The normalized spacial score (nSPS) is 33.3. The van der Waals surface area contributed by atoms with Crippen molar-refractivity contribution >= 4 is 35.0 Å². The monoisotopic (exact) mass is 406 g/mol. The van der Waals surface area contributed by atoms with Gasteiger partial charge in [-0.1, -0.05) is 18.5 Å². The van der Waals surface area contributed by atoms with E-state index in [0.29, 0.717) is 22.7 Å². The van der Waals surface area contributed by atoms with E-state index in [1.807, 2.05) is 26.8 Å². The first-order valence-electron chi connectivity index (χ1n) is 9.68. The zero-order valence-electron chi connectivity index (χ0n) is 16.3. The molecule has 3 aliphatic rings. The topological polar surface area (TPSA) is 103 Å². The van der Waals surface area contributed by atoms with Crippen molar-refractivity contribution in [2.45, 2.75) is 57.8 Å². The summed E-state index contributed by atoms with van der Waals surface area (Å²) in [6.07, 6.45) is -0.238. The number of carbonyl (C=O) groups excluding carboxylic acids is 3. The summed E-state index contributed by atoms with van der Waals surface area (Å²) < 4.78 is 0. The Balaban J connectivity index is 1.94. The molecule has 0 aromatic heterocycles. The Kier molecular flexibility index (Phi) is 4.34. The van der Waals surface area contributed by atoms with Crippen LogP contribution in [0.3, 0.4) is 0 Å². The summed E-state index contributed by atoms with van der Waals surface area (Å²) in [5.74, 6) is -2.63. The van der Waals surface area contributed by atoms with E-state index in [1.54, 1.807) is 18.3 Å². The van der Waals surface area contributed by atoms with E-state index < -0.39 is 29.5 Å². The summed E-state index contributed by atoms with van der Waals surface area (Å²) in [4.78, 5) is 41.2. The number of halogens is 1. The Bertz CT molecular complexity index is 902. The summed E-state index contributed by atoms with van der Waals surface area (Å²) in [6, 6.07) is 2.75. The van der Waals surface area contributed by atoms with Crippen LogP contribution in [0, 0.1) is 18.8 Å². The number of hydrogen-bond acceptors (Lipinski definition) is 4. The minimum absolute atomic E-state index is 0.262. The van der Waals surface area contributed by atoms with E-state index in [2.05, 4.69) is 5.32 Å². The van der Waals surface area contributed by atoms with Gasteiger partial charge in [0, 0.05) is 11.6 Å². The first kappa shape index (κ1) is 19.4. The van der Waals surface area contributed by atoms with Gasteiger partial charge in [0.1, 0.15) is 24.0 Å². The van der Waals surface area contributed by atoms with E-state index in [4.69, 9.17) is 11.6 Å². The molecule has 4 N–H and O–H groups in total. The van der Waals surface area contributed by atoms with E-state index in [-0.39, 0.29) is 23.8 Å². The highest BCUT2D eigenvalue weighted by atomic mass is 35.5. The number of fused-ring (bicyclic) bond motifs is 4. The largest absolute Gasteiger partial charge is 0.387 e. The zero-order valence-corrected chi connectivity index (χ0v) is 17.1. The van der Waals surface area contributed by atoms with Crippen molar-refractivity contribution in [3.05, 3.63) is 28.3 Å². The third kappa shape index (κ3) is 2.27. The van der Waals surface area contributed by atoms with Crippen molar-refractivity contribution in [2.24, 2.45) is 11.8 Å². The Labute approximate surface area is 168 Å². The third-order valence-corrected chi connectivity index (χ3v) is 6.93. The van der Waals surface area contributed by atoms with Crippen molar-refractivity contribution in [1.82, 2.24) is 4.90 Å². The van der Waals surface area contributed by atoms with Crippen LogP contribution < -0.4 is 10.6 Å². The van der Waals surface area contributed by atoms with Crippen LogP contribution in [-0.2, 0) is 19.9 Å². The van der Waals surface area contributed by atoms with Crippen molar-refractivity contribution in [2.75, 3.05) is 5.32 Å². The molecule has 6 atom stereocenters. The summed E-state index contributed by atoms with van der Waals surface area (Å²) in [7, 11) is 0. The van der Waals surface area contributed by atoms with Crippen molar-refractivity contribution < 1.29 is 24.8 Å². The minimum Gasteiger partial charge on any atom is -0.387 e. The van der Waals surface area contributed by atoms with Crippen LogP contribution >= 0.6 is 11.6 Å². The van der Waals surface area contributed by atoms with Gasteiger partial charge >= 0.3 is 0 Å².